The van der Waals surface area contributed by atoms with Gasteiger partial charge in [-0.05, 0) is 55.4 Å². The number of nitrogens with zero attached hydrogens (tertiary/aromatic N) is 5. The Morgan fingerprint density at radius 1 is 1.23 bits per heavy atom. The lowest BCUT2D eigenvalue weighted by atomic mass is 10.2. The number of aryl methyl sites for hydroxylation is 1. The number of rotatable bonds is 8. The predicted molar refractivity (Wildman–Crippen MR) is 114 cm³/mol. The average molecular weight is 427 g/mol. The summed E-state index contributed by atoms with van der Waals surface area (Å²) in [5, 5.41) is 3.41. The Labute approximate surface area is 167 Å². The van der Waals surface area contributed by atoms with E-state index in [1.807, 2.05) is 0 Å². The molecule has 0 saturated carbocycles. The van der Waals surface area contributed by atoms with E-state index in [0.29, 0.717) is 0 Å². The van der Waals surface area contributed by atoms with Gasteiger partial charge in [-0.25, -0.2) is 0 Å². The quantitative estimate of drug-likeness (QED) is 0.392. The minimum absolute atomic E-state index is 0.842. The van der Waals surface area contributed by atoms with E-state index in [4.69, 9.17) is 4.99 Å². The second-order valence-electron chi connectivity index (χ2n) is 7.20. The van der Waals surface area contributed by atoms with Crippen LogP contribution in [0.3, 0.4) is 0 Å². The summed E-state index contributed by atoms with van der Waals surface area (Å²) in [6.07, 6.45) is 4.46. The summed E-state index contributed by atoms with van der Waals surface area (Å²) in [4.78, 5) is 12.0. The SMILES string of the molecule is CCNC(=NCCCCN1CCN(C)CC1)N(C)Cc1cc(Br)cn1C. The fraction of sp³-hybridized carbons (Fsp3) is 0.737. The normalized spacial score (nSPS) is 16.9. The van der Waals surface area contributed by atoms with E-state index in [0.717, 1.165) is 36.5 Å². The zero-order valence-electron chi connectivity index (χ0n) is 16.8. The molecule has 0 aromatic carbocycles. The molecule has 0 radical (unpaired) electrons. The third-order valence-electron chi connectivity index (χ3n) is 4.91. The number of piperazine rings is 1. The first-order chi connectivity index (χ1) is 12.5. The zero-order chi connectivity index (χ0) is 18.9. The molecule has 0 aliphatic carbocycles. The molecule has 148 valence electrons. The van der Waals surface area contributed by atoms with Gasteiger partial charge in [-0.15, -0.1) is 0 Å². The van der Waals surface area contributed by atoms with Gasteiger partial charge in [-0.1, -0.05) is 0 Å². The fourth-order valence-corrected chi connectivity index (χ4v) is 3.79. The monoisotopic (exact) mass is 426 g/mol. The van der Waals surface area contributed by atoms with E-state index in [-0.39, 0.29) is 0 Å². The lowest BCUT2D eigenvalue weighted by molar-refractivity contribution is 0.152. The number of nitrogens with one attached hydrogen (secondary N) is 1. The maximum absolute atomic E-state index is 4.82. The minimum Gasteiger partial charge on any atom is -0.357 e. The van der Waals surface area contributed by atoms with E-state index < -0.39 is 0 Å². The summed E-state index contributed by atoms with van der Waals surface area (Å²) in [5.41, 5.74) is 1.26. The molecule has 1 aromatic rings. The van der Waals surface area contributed by atoms with Gasteiger partial charge in [0.15, 0.2) is 5.96 Å². The summed E-state index contributed by atoms with van der Waals surface area (Å²) >= 11 is 3.54. The van der Waals surface area contributed by atoms with Crippen molar-refractivity contribution in [3.8, 4) is 0 Å². The van der Waals surface area contributed by atoms with Gasteiger partial charge in [0.2, 0.25) is 0 Å². The van der Waals surface area contributed by atoms with Crippen molar-refractivity contribution in [3.05, 3.63) is 22.4 Å². The molecular weight excluding hydrogens is 392 g/mol. The van der Waals surface area contributed by atoms with Crippen LogP contribution < -0.4 is 5.32 Å². The molecule has 0 amide bonds. The Balaban J connectivity index is 1.75. The molecule has 0 bridgehead atoms. The summed E-state index contributed by atoms with van der Waals surface area (Å²) in [6.45, 7) is 10.7. The standard InChI is InChI=1S/C19H35BrN6/c1-5-21-19(25(4)16-18-14-17(20)15-24(18)3)22-8-6-7-9-26-12-10-23(2)11-13-26/h14-15H,5-13,16H2,1-4H3,(H,21,22). The van der Waals surface area contributed by atoms with Crippen LogP contribution in [0.5, 0.6) is 0 Å². The van der Waals surface area contributed by atoms with Crippen molar-refractivity contribution in [3.63, 3.8) is 0 Å². The summed E-state index contributed by atoms with van der Waals surface area (Å²) in [7, 11) is 6.39. The van der Waals surface area contributed by atoms with Gasteiger partial charge < -0.3 is 24.6 Å². The first-order valence-corrected chi connectivity index (χ1v) is 10.5. The van der Waals surface area contributed by atoms with Crippen molar-refractivity contribution in [1.29, 1.82) is 0 Å². The third-order valence-corrected chi connectivity index (χ3v) is 5.34. The summed E-state index contributed by atoms with van der Waals surface area (Å²) in [6, 6.07) is 2.16. The van der Waals surface area contributed by atoms with E-state index in [2.05, 4.69) is 80.8 Å². The van der Waals surface area contributed by atoms with Crippen LogP contribution in [-0.2, 0) is 13.6 Å². The number of aromatic nitrogens is 1. The second-order valence-corrected chi connectivity index (χ2v) is 8.12. The van der Waals surface area contributed by atoms with Crippen LogP contribution in [0.4, 0.5) is 0 Å². The zero-order valence-corrected chi connectivity index (χ0v) is 18.4. The van der Waals surface area contributed by atoms with Crippen molar-refractivity contribution in [2.24, 2.45) is 12.0 Å². The number of guanidine groups is 1. The predicted octanol–water partition coefficient (Wildman–Crippen LogP) is 2.21. The van der Waals surface area contributed by atoms with Gasteiger partial charge in [-0.3, -0.25) is 4.99 Å². The molecule has 1 aliphatic heterocycles. The summed E-state index contributed by atoms with van der Waals surface area (Å²) in [5.74, 6) is 0.990. The van der Waals surface area contributed by atoms with Crippen LogP contribution in [0.25, 0.3) is 0 Å². The Morgan fingerprint density at radius 3 is 2.58 bits per heavy atom. The van der Waals surface area contributed by atoms with E-state index in [1.165, 1.54) is 44.8 Å². The molecule has 0 unspecified atom stereocenters. The largest absolute Gasteiger partial charge is 0.357 e. The number of hydrogen-bond donors (Lipinski definition) is 1. The van der Waals surface area contributed by atoms with Crippen LogP contribution in [0.2, 0.25) is 0 Å². The van der Waals surface area contributed by atoms with Gasteiger partial charge >= 0.3 is 0 Å². The van der Waals surface area contributed by atoms with Crippen molar-refractivity contribution in [1.82, 2.24) is 24.6 Å². The first-order valence-electron chi connectivity index (χ1n) is 9.70. The van der Waals surface area contributed by atoms with Crippen molar-refractivity contribution >= 4 is 21.9 Å². The first kappa shape index (κ1) is 21.3. The van der Waals surface area contributed by atoms with Crippen molar-refractivity contribution in [2.75, 3.05) is 59.9 Å². The van der Waals surface area contributed by atoms with E-state index >= 15 is 0 Å². The molecule has 0 spiro atoms. The number of unbranched alkanes of at least 4 members (excludes halogenated alkanes) is 1. The number of aliphatic imine (C=N–C) groups is 1. The van der Waals surface area contributed by atoms with Crippen LogP contribution in [-0.4, -0.2) is 85.1 Å². The highest BCUT2D eigenvalue weighted by atomic mass is 79.9. The number of halogens is 1. The van der Waals surface area contributed by atoms with Crippen molar-refractivity contribution < 1.29 is 0 Å². The molecule has 26 heavy (non-hydrogen) atoms. The highest BCUT2D eigenvalue weighted by Crippen LogP contribution is 2.15. The number of likely N-dealkylation sites (N-methyl/N-ethyl adjacent to an activating group) is 1. The van der Waals surface area contributed by atoms with E-state index in [1.54, 1.807) is 0 Å². The smallest absolute Gasteiger partial charge is 0.194 e. The molecule has 6 nitrogen and oxygen atoms in total. The van der Waals surface area contributed by atoms with Gasteiger partial charge in [0.25, 0.3) is 0 Å². The minimum atomic E-state index is 0.842. The number of hydrogen-bond acceptors (Lipinski definition) is 3. The highest BCUT2D eigenvalue weighted by molar-refractivity contribution is 9.10. The van der Waals surface area contributed by atoms with Crippen LogP contribution in [0.15, 0.2) is 21.7 Å². The topological polar surface area (TPSA) is 39.0 Å². The Kier molecular flexibility index (Phi) is 8.95. The van der Waals surface area contributed by atoms with E-state index in [9.17, 15) is 0 Å². The van der Waals surface area contributed by atoms with Gasteiger partial charge in [0.05, 0.1) is 6.54 Å². The molecule has 0 atom stereocenters. The van der Waals surface area contributed by atoms with Crippen molar-refractivity contribution in [2.45, 2.75) is 26.3 Å². The van der Waals surface area contributed by atoms with Crippen LogP contribution in [0.1, 0.15) is 25.5 Å². The Bertz CT molecular complexity index is 562. The van der Waals surface area contributed by atoms with Gasteiger partial charge in [0.1, 0.15) is 0 Å². The molecule has 1 saturated heterocycles. The maximum atomic E-state index is 4.82. The fourth-order valence-electron chi connectivity index (χ4n) is 3.21. The molecular formula is C19H35BrN6. The second kappa shape index (κ2) is 10.9. The lowest BCUT2D eigenvalue weighted by Gasteiger charge is -2.32. The molecule has 2 rings (SSSR count). The third kappa shape index (κ3) is 6.93. The molecule has 1 N–H and O–H groups in total. The molecule has 1 aromatic heterocycles. The highest BCUT2D eigenvalue weighted by Gasteiger charge is 2.13. The maximum Gasteiger partial charge on any atom is 0.194 e. The van der Waals surface area contributed by atoms with Gasteiger partial charge in [0, 0.05) is 69.7 Å². The van der Waals surface area contributed by atoms with Crippen LogP contribution in [0, 0.1) is 0 Å². The molecule has 1 aliphatic rings. The molecule has 7 heteroatoms. The lowest BCUT2D eigenvalue weighted by Crippen LogP contribution is -2.44. The Morgan fingerprint density at radius 2 is 1.96 bits per heavy atom. The average Bonchev–Trinajstić information content (AvgIpc) is 2.92. The van der Waals surface area contributed by atoms with Gasteiger partial charge in [-0.2, -0.15) is 0 Å². The molecule has 2 heterocycles. The van der Waals surface area contributed by atoms with Crippen LogP contribution >= 0.6 is 15.9 Å². The Hall–Kier alpha value is -1.05. The molecule has 1 fully saturated rings. The summed E-state index contributed by atoms with van der Waals surface area (Å²) < 4.78 is 3.27.